The molecule has 13 nitrogen and oxygen atoms in total. The number of ether oxygens (including phenoxy) is 4. The number of benzene rings is 2. The van der Waals surface area contributed by atoms with Crippen LogP contribution in [-0.2, 0) is 9.47 Å². The van der Waals surface area contributed by atoms with Gasteiger partial charge in [0.25, 0.3) is 5.92 Å². The SMILES string of the molecule is C#Cc1cccc2cc(NC(=O)OC(C)(C)C)cc(-c3nc4c5c(nc(OC[C@@]67CCCN6CC(F)(F)C7)nc5c3F)N3C[C@H]5CC[C@@H]([C@H]3[C@H](C)O4)N5C(=O)OC(C)(C)C)c12. The first kappa shape index (κ1) is 40.8. The van der Waals surface area contributed by atoms with E-state index < -0.39 is 52.8 Å². The summed E-state index contributed by atoms with van der Waals surface area (Å²) in [5.74, 6) is -0.669. The molecule has 5 aliphatic heterocycles. The molecule has 16 heteroatoms. The van der Waals surface area contributed by atoms with E-state index in [-0.39, 0.29) is 65.7 Å². The minimum atomic E-state index is -2.87. The van der Waals surface area contributed by atoms with Crippen molar-refractivity contribution in [3.8, 4) is 35.5 Å². The van der Waals surface area contributed by atoms with Crippen LogP contribution in [0, 0.1) is 18.2 Å². The second-order valence-corrected chi connectivity index (χ2v) is 19.1. The molecule has 0 aliphatic carbocycles. The fourth-order valence-electron chi connectivity index (χ4n) is 10.2. The van der Waals surface area contributed by atoms with Crippen molar-refractivity contribution in [3.63, 3.8) is 0 Å². The summed E-state index contributed by atoms with van der Waals surface area (Å²) < 4.78 is 72.0. The Balaban J connectivity index is 1.21. The molecule has 0 radical (unpaired) electrons. The van der Waals surface area contributed by atoms with Gasteiger partial charge < -0.3 is 23.8 Å². The topological polar surface area (TPSA) is 131 Å². The van der Waals surface area contributed by atoms with Crippen LogP contribution in [0.1, 0.15) is 86.1 Å². The number of nitrogens with zero attached hydrogens (tertiary/aromatic N) is 6. The fraction of sp³-hybridized carbons (Fsp3) is 0.533. The number of piperazine rings is 1. The molecule has 2 aromatic heterocycles. The number of halogens is 3. The predicted octanol–water partition coefficient (Wildman–Crippen LogP) is 8.30. The molecule has 1 N–H and O–H groups in total. The largest absolute Gasteiger partial charge is 0.472 e. The summed E-state index contributed by atoms with van der Waals surface area (Å²) in [6.07, 6.45) is 6.50. The molecule has 4 saturated heterocycles. The average Bonchev–Trinajstić information content (AvgIpc) is 3.74. The van der Waals surface area contributed by atoms with Gasteiger partial charge in [-0.2, -0.15) is 9.97 Å². The number of carbonyl (C=O) groups is 2. The highest BCUT2D eigenvalue weighted by Gasteiger charge is 2.58. The molecule has 0 saturated carbocycles. The summed E-state index contributed by atoms with van der Waals surface area (Å²) in [4.78, 5) is 46.8. The van der Waals surface area contributed by atoms with Crippen LogP contribution in [0.25, 0.3) is 32.9 Å². The molecule has 7 heterocycles. The molecule has 4 fully saturated rings. The number of anilines is 2. The first-order valence-electron chi connectivity index (χ1n) is 20.9. The maximum Gasteiger partial charge on any atom is 0.412 e. The highest BCUT2D eigenvalue weighted by molar-refractivity contribution is 6.06. The minimum absolute atomic E-state index is 0.0439. The zero-order valence-electron chi connectivity index (χ0n) is 35.4. The van der Waals surface area contributed by atoms with Gasteiger partial charge in [-0.05, 0) is 104 Å². The second kappa shape index (κ2) is 14.3. The van der Waals surface area contributed by atoms with Crippen molar-refractivity contribution in [3.05, 3.63) is 41.7 Å². The van der Waals surface area contributed by atoms with Crippen LogP contribution in [0.4, 0.5) is 34.3 Å². The molecule has 2 bridgehead atoms. The highest BCUT2D eigenvalue weighted by atomic mass is 19.3. The summed E-state index contributed by atoms with van der Waals surface area (Å²) in [5.41, 5.74) is -1.77. The van der Waals surface area contributed by atoms with Gasteiger partial charge in [0.15, 0.2) is 5.82 Å². The van der Waals surface area contributed by atoms with Crippen LogP contribution < -0.4 is 19.7 Å². The van der Waals surface area contributed by atoms with E-state index in [1.165, 1.54) is 0 Å². The molecule has 2 amide bonds. The predicted molar refractivity (Wildman–Crippen MR) is 223 cm³/mol. The number of rotatable bonds is 5. The van der Waals surface area contributed by atoms with Gasteiger partial charge in [-0.15, -0.1) is 6.42 Å². The van der Waals surface area contributed by atoms with E-state index in [0.29, 0.717) is 60.2 Å². The number of alkyl halides is 2. The first-order valence-corrected chi connectivity index (χ1v) is 20.9. The number of carbonyl (C=O) groups excluding carboxylic acids is 2. The normalized spacial score (nSPS) is 25.4. The van der Waals surface area contributed by atoms with Crippen molar-refractivity contribution in [1.29, 1.82) is 0 Å². The van der Waals surface area contributed by atoms with Gasteiger partial charge in [-0.25, -0.2) is 27.7 Å². The van der Waals surface area contributed by atoms with Crippen LogP contribution in [-0.4, -0.2) is 110 Å². The van der Waals surface area contributed by atoms with Gasteiger partial charge in [0.05, 0.1) is 30.2 Å². The third kappa shape index (κ3) is 7.28. The summed E-state index contributed by atoms with van der Waals surface area (Å²) in [6.45, 7) is 12.9. The van der Waals surface area contributed by atoms with Crippen molar-refractivity contribution in [2.45, 2.75) is 127 Å². The first-order chi connectivity index (χ1) is 28.7. The molecule has 2 aromatic carbocycles. The van der Waals surface area contributed by atoms with Crippen LogP contribution in [0.5, 0.6) is 11.9 Å². The number of nitrogens with one attached hydrogen (secondary N) is 1. The molecule has 5 aliphatic rings. The quantitative estimate of drug-likeness (QED) is 0.195. The van der Waals surface area contributed by atoms with Gasteiger partial charge in [0.2, 0.25) is 5.88 Å². The lowest BCUT2D eigenvalue weighted by atomic mass is 9.94. The Hall–Kier alpha value is -5.56. The Morgan fingerprint density at radius 1 is 1.05 bits per heavy atom. The number of amides is 2. The molecule has 322 valence electrons. The van der Waals surface area contributed by atoms with E-state index in [9.17, 15) is 18.4 Å². The maximum absolute atomic E-state index is 17.8. The number of hydrogen-bond acceptors (Lipinski definition) is 11. The van der Waals surface area contributed by atoms with Gasteiger partial charge in [0, 0.05) is 35.2 Å². The van der Waals surface area contributed by atoms with E-state index in [1.54, 1.807) is 60.9 Å². The molecular formula is C45H50F3N7O6. The van der Waals surface area contributed by atoms with Crippen molar-refractivity contribution >= 4 is 45.4 Å². The maximum atomic E-state index is 17.8. The highest BCUT2D eigenvalue weighted by Crippen LogP contribution is 2.49. The van der Waals surface area contributed by atoms with E-state index in [4.69, 9.17) is 35.3 Å². The second-order valence-electron chi connectivity index (χ2n) is 19.1. The molecule has 61 heavy (non-hydrogen) atoms. The van der Waals surface area contributed by atoms with Crippen LogP contribution in [0.2, 0.25) is 0 Å². The number of hydrogen-bond donors (Lipinski definition) is 1. The molecular weight excluding hydrogens is 792 g/mol. The van der Waals surface area contributed by atoms with Crippen molar-refractivity contribution in [1.82, 2.24) is 24.8 Å². The Morgan fingerprint density at radius 2 is 1.82 bits per heavy atom. The summed E-state index contributed by atoms with van der Waals surface area (Å²) in [7, 11) is 0. The Morgan fingerprint density at radius 3 is 2.56 bits per heavy atom. The minimum Gasteiger partial charge on any atom is -0.472 e. The zero-order valence-corrected chi connectivity index (χ0v) is 35.4. The molecule has 9 rings (SSSR count). The van der Waals surface area contributed by atoms with Gasteiger partial charge in [0.1, 0.15) is 46.3 Å². The number of aromatic nitrogens is 3. The van der Waals surface area contributed by atoms with Gasteiger partial charge >= 0.3 is 18.2 Å². The van der Waals surface area contributed by atoms with E-state index in [1.807, 2.05) is 32.6 Å². The van der Waals surface area contributed by atoms with Crippen LogP contribution in [0.15, 0.2) is 30.3 Å². The monoisotopic (exact) mass is 841 g/mol. The molecule has 5 atom stereocenters. The molecule has 0 unspecified atom stereocenters. The summed E-state index contributed by atoms with van der Waals surface area (Å²) in [6, 6.07) is 7.29. The van der Waals surface area contributed by atoms with Gasteiger partial charge in [-0.3, -0.25) is 15.1 Å². The lowest BCUT2D eigenvalue weighted by molar-refractivity contribution is 0.000851. The van der Waals surface area contributed by atoms with E-state index in [0.717, 1.165) is 6.42 Å². The van der Waals surface area contributed by atoms with Crippen molar-refractivity contribution in [2.75, 3.05) is 36.5 Å². The fourth-order valence-corrected chi connectivity index (χ4v) is 10.2. The Bertz CT molecular complexity index is 2520. The Kier molecular flexibility index (Phi) is 9.54. The smallest absolute Gasteiger partial charge is 0.412 e. The summed E-state index contributed by atoms with van der Waals surface area (Å²) in [5, 5.41) is 4.06. The standard InChI is InChI=1S/C45H50F3N7O6/c1-9-25-12-10-13-26-18-27(49-40(56)60-42(3,4)5)19-29(31(25)26)34-33(46)35-32-37(52-39(51-35)58-23-44-16-11-17-53(44)22-45(47,48)21-44)54-20-28-14-15-30(36(54)24(2)59-38(32)50-34)55(28)41(57)61-43(6,7)8/h1,10,12-13,18-19,24,28,30,36H,11,14-17,20-23H2,2-8H3,(H,49,56)/t24-,28+,30-,36+,44-/m0/s1. The Labute approximate surface area is 352 Å². The van der Waals surface area contributed by atoms with E-state index in [2.05, 4.69) is 16.2 Å². The molecule has 4 aromatic rings. The lowest BCUT2D eigenvalue weighted by Crippen LogP contribution is -2.65. The third-order valence-corrected chi connectivity index (χ3v) is 12.3. The number of pyridine rings is 1. The van der Waals surface area contributed by atoms with Crippen LogP contribution >= 0.6 is 0 Å². The van der Waals surface area contributed by atoms with Crippen LogP contribution in [0.3, 0.4) is 0 Å². The molecule has 0 spiro atoms. The number of terminal acetylenes is 1. The average molecular weight is 842 g/mol. The summed E-state index contributed by atoms with van der Waals surface area (Å²) >= 11 is 0. The number of fused-ring (bicyclic) bond motifs is 7. The third-order valence-electron chi connectivity index (χ3n) is 12.3. The van der Waals surface area contributed by atoms with Crippen molar-refractivity contribution < 1.29 is 41.7 Å². The van der Waals surface area contributed by atoms with E-state index >= 15 is 4.39 Å². The zero-order chi connectivity index (χ0) is 43.4. The van der Waals surface area contributed by atoms with Crippen molar-refractivity contribution in [2.24, 2.45) is 0 Å². The lowest BCUT2D eigenvalue weighted by Gasteiger charge is -2.48. The van der Waals surface area contributed by atoms with Gasteiger partial charge in [-0.1, -0.05) is 18.1 Å².